The van der Waals surface area contributed by atoms with Gasteiger partial charge in [0, 0.05) is 18.7 Å². The number of ether oxygens (including phenoxy) is 1. The van der Waals surface area contributed by atoms with Crippen LogP contribution in [0.5, 0.6) is 0 Å². The molecule has 0 spiro atoms. The van der Waals surface area contributed by atoms with Crippen molar-refractivity contribution in [3.8, 4) is 0 Å². The Labute approximate surface area is 127 Å². The van der Waals surface area contributed by atoms with Gasteiger partial charge in [0.15, 0.2) is 0 Å². The third kappa shape index (κ3) is 5.21. The Morgan fingerprint density at radius 2 is 1.81 bits per heavy atom. The molecule has 1 rings (SSSR count). The van der Waals surface area contributed by atoms with Gasteiger partial charge in [0.1, 0.15) is 0 Å². The standard InChI is InChI=1S/C17H25NO3/c1-5-10-18(11-9-16(19)21-6-2)17(20)15-8-7-13(3)14(4)12-15/h7-8,12H,5-6,9-11H2,1-4H3. The zero-order valence-electron chi connectivity index (χ0n) is 13.4. The number of aryl methyl sites for hydroxylation is 2. The van der Waals surface area contributed by atoms with E-state index in [9.17, 15) is 9.59 Å². The van der Waals surface area contributed by atoms with Crippen molar-refractivity contribution in [1.82, 2.24) is 4.90 Å². The van der Waals surface area contributed by atoms with Gasteiger partial charge < -0.3 is 9.64 Å². The second-order valence-electron chi connectivity index (χ2n) is 5.15. The molecule has 0 aliphatic rings. The van der Waals surface area contributed by atoms with Crippen molar-refractivity contribution in [3.63, 3.8) is 0 Å². The molecule has 1 aromatic carbocycles. The van der Waals surface area contributed by atoms with Crippen LogP contribution in [0.1, 0.15) is 48.2 Å². The van der Waals surface area contributed by atoms with Crippen molar-refractivity contribution in [2.24, 2.45) is 0 Å². The monoisotopic (exact) mass is 291 g/mol. The van der Waals surface area contributed by atoms with Crippen LogP contribution >= 0.6 is 0 Å². The van der Waals surface area contributed by atoms with Crippen LogP contribution in [0.25, 0.3) is 0 Å². The molecule has 1 aromatic rings. The first-order valence-corrected chi connectivity index (χ1v) is 7.51. The summed E-state index contributed by atoms with van der Waals surface area (Å²) in [6.45, 7) is 9.23. The normalized spacial score (nSPS) is 10.3. The molecule has 0 radical (unpaired) electrons. The molecule has 0 heterocycles. The number of esters is 1. The zero-order valence-corrected chi connectivity index (χ0v) is 13.4. The quantitative estimate of drug-likeness (QED) is 0.725. The summed E-state index contributed by atoms with van der Waals surface area (Å²) < 4.78 is 4.91. The van der Waals surface area contributed by atoms with Gasteiger partial charge in [0.25, 0.3) is 5.91 Å². The molecule has 0 aromatic heterocycles. The minimum atomic E-state index is -0.258. The van der Waals surface area contributed by atoms with Gasteiger partial charge in [-0.15, -0.1) is 0 Å². The minimum Gasteiger partial charge on any atom is -0.466 e. The summed E-state index contributed by atoms with van der Waals surface area (Å²) in [5.74, 6) is -0.282. The third-order valence-corrected chi connectivity index (χ3v) is 3.43. The first-order chi connectivity index (χ1) is 9.99. The van der Waals surface area contributed by atoms with Crippen LogP contribution in [-0.4, -0.2) is 36.5 Å². The molecule has 4 nitrogen and oxygen atoms in total. The summed E-state index contributed by atoms with van der Waals surface area (Å²) in [6.07, 6.45) is 1.10. The average molecular weight is 291 g/mol. The second kappa shape index (κ2) is 8.45. The maximum atomic E-state index is 12.5. The van der Waals surface area contributed by atoms with Crippen molar-refractivity contribution in [3.05, 3.63) is 34.9 Å². The molecule has 0 N–H and O–H groups in total. The summed E-state index contributed by atoms with van der Waals surface area (Å²) in [4.78, 5) is 25.7. The molecule has 0 aliphatic heterocycles. The van der Waals surface area contributed by atoms with E-state index in [0.29, 0.717) is 25.3 Å². The van der Waals surface area contributed by atoms with Crippen molar-refractivity contribution in [2.75, 3.05) is 19.7 Å². The van der Waals surface area contributed by atoms with Crippen LogP contribution in [0, 0.1) is 13.8 Å². The fourth-order valence-electron chi connectivity index (χ4n) is 2.10. The van der Waals surface area contributed by atoms with E-state index in [0.717, 1.165) is 12.0 Å². The lowest BCUT2D eigenvalue weighted by molar-refractivity contribution is -0.143. The van der Waals surface area contributed by atoms with E-state index in [1.54, 1.807) is 11.8 Å². The highest BCUT2D eigenvalue weighted by Crippen LogP contribution is 2.13. The first kappa shape index (κ1) is 17.2. The van der Waals surface area contributed by atoms with E-state index >= 15 is 0 Å². The Hall–Kier alpha value is -1.84. The van der Waals surface area contributed by atoms with Crippen LogP contribution in [0.2, 0.25) is 0 Å². The van der Waals surface area contributed by atoms with Gasteiger partial charge in [-0.1, -0.05) is 13.0 Å². The molecule has 0 fully saturated rings. The van der Waals surface area contributed by atoms with Crippen LogP contribution < -0.4 is 0 Å². The topological polar surface area (TPSA) is 46.6 Å². The smallest absolute Gasteiger partial charge is 0.307 e. The SMILES string of the molecule is CCCN(CCC(=O)OCC)C(=O)c1ccc(C)c(C)c1. The van der Waals surface area contributed by atoms with E-state index in [1.807, 2.05) is 39.0 Å². The number of nitrogens with zero attached hydrogens (tertiary/aromatic N) is 1. The van der Waals surface area contributed by atoms with E-state index < -0.39 is 0 Å². The number of carbonyl (C=O) groups excluding carboxylic acids is 2. The molecule has 0 aliphatic carbocycles. The lowest BCUT2D eigenvalue weighted by atomic mass is 10.1. The number of amides is 1. The highest BCUT2D eigenvalue weighted by atomic mass is 16.5. The second-order valence-corrected chi connectivity index (χ2v) is 5.15. The molecule has 4 heteroatoms. The molecule has 0 atom stereocenters. The first-order valence-electron chi connectivity index (χ1n) is 7.51. The Kier molecular flexibility index (Phi) is 6.92. The molecule has 21 heavy (non-hydrogen) atoms. The summed E-state index contributed by atoms with van der Waals surface area (Å²) >= 11 is 0. The highest BCUT2D eigenvalue weighted by Gasteiger charge is 2.17. The van der Waals surface area contributed by atoms with Gasteiger partial charge in [-0.05, 0) is 50.5 Å². The van der Waals surface area contributed by atoms with Crippen molar-refractivity contribution >= 4 is 11.9 Å². The maximum absolute atomic E-state index is 12.5. The van der Waals surface area contributed by atoms with Gasteiger partial charge in [0.05, 0.1) is 13.0 Å². The Balaban J connectivity index is 2.76. The highest BCUT2D eigenvalue weighted by molar-refractivity contribution is 5.94. The number of rotatable bonds is 7. The van der Waals surface area contributed by atoms with Crippen molar-refractivity contribution in [2.45, 2.75) is 40.5 Å². The van der Waals surface area contributed by atoms with Crippen LogP contribution in [0.15, 0.2) is 18.2 Å². The molecule has 0 bridgehead atoms. The van der Waals surface area contributed by atoms with E-state index in [4.69, 9.17) is 4.74 Å². The summed E-state index contributed by atoms with van der Waals surface area (Å²) in [7, 11) is 0. The number of hydrogen-bond acceptors (Lipinski definition) is 3. The lowest BCUT2D eigenvalue weighted by Gasteiger charge is -2.22. The van der Waals surface area contributed by atoms with Crippen LogP contribution in [0.3, 0.4) is 0 Å². The number of benzene rings is 1. The molecular weight excluding hydrogens is 266 g/mol. The fourth-order valence-corrected chi connectivity index (χ4v) is 2.10. The van der Waals surface area contributed by atoms with Gasteiger partial charge in [0.2, 0.25) is 0 Å². The Morgan fingerprint density at radius 3 is 2.38 bits per heavy atom. The molecule has 1 amide bonds. The van der Waals surface area contributed by atoms with E-state index in [2.05, 4.69) is 0 Å². The molecule has 0 saturated heterocycles. The fraction of sp³-hybridized carbons (Fsp3) is 0.529. The van der Waals surface area contributed by atoms with Gasteiger partial charge in [-0.25, -0.2) is 0 Å². The number of carbonyl (C=O) groups is 2. The maximum Gasteiger partial charge on any atom is 0.307 e. The number of hydrogen-bond donors (Lipinski definition) is 0. The minimum absolute atomic E-state index is 0.0238. The lowest BCUT2D eigenvalue weighted by Crippen LogP contribution is -2.34. The van der Waals surface area contributed by atoms with Gasteiger partial charge in [-0.3, -0.25) is 9.59 Å². The van der Waals surface area contributed by atoms with Crippen molar-refractivity contribution in [1.29, 1.82) is 0 Å². The average Bonchev–Trinajstić information content (AvgIpc) is 2.46. The largest absolute Gasteiger partial charge is 0.466 e. The predicted octanol–water partition coefficient (Wildman–Crippen LogP) is 3.11. The van der Waals surface area contributed by atoms with E-state index in [-0.39, 0.29) is 18.3 Å². The summed E-state index contributed by atoms with van der Waals surface area (Å²) in [5, 5.41) is 0. The predicted molar refractivity (Wildman–Crippen MR) is 83.4 cm³/mol. The third-order valence-electron chi connectivity index (χ3n) is 3.43. The van der Waals surface area contributed by atoms with Crippen LogP contribution in [0.4, 0.5) is 0 Å². The Bertz CT molecular complexity index is 497. The van der Waals surface area contributed by atoms with E-state index in [1.165, 1.54) is 5.56 Å². The Morgan fingerprint density at radius 1 is 1.10 bits per heavy atom. The molecule has 0 unspecified atom stereocenters. The molecule has 116 valence electrons. The van der Waals surface area contributed by atoms with Gasteiger partial charge in [-0.2, -0.15) is 0 Å². The summed E-state index contributed by atoms with van der Waals surface area (Å²) in [5.41, 5.74) is 2.94. The van der Waals surface area contributed by atoms with Gasteiger partial charge >= 0.3 is 5.97 Å². The molecule has 0 saturated carbocycles. The van der Waals surface area contributed by atoms with Crippen LogP contribution in [-0.2, 0) is 9.53 Å². The zero-order chi connectivity index (χ0) is 15.8. The summed E-state index contributed by atoms with van der Waals surface area (Å²) in [6, 6.07) is 5.71. The van der Waals surface area contributed by atoms with Crippen molar-refractivity contribution < 1.29 is 14.3 Å². The molecular formula is C17H25NO3.